The summed E-state index contributed by atoms with van der Waals surface area (Å²) in [7, 11) is 3.11. The van der Waals surface area contributed by atoms with Crippen LogP contribution in [-0.2, 0) is 9.59 Å². The number of aliphatic hydroxyl groups is 1. The van der Waals surface area contributed by atoms with Gasteiger partial charge in [0.25, 0.3) is 5.78 Å². The van der Waals surface area contributed by atoms with Gasteiger partial charge in [-0.2, -0.15) is 0 Å². The number of nitrogens with zero attached hydrogens (tertiary/aromatic N) is 2. The standard InChI is InChI=1S/C34H36N2O7S/c1-5-7-16-42-24-11-9-10-22(18-24)31(37)29-30(21-12-15-26(27(19-21)41-4)43-17-8-6-2)36(33(39)32(29)38)34-35-25-14-13-23(40-3)20-28(25)44-34/h9-15,18-20,30,37H,5-8,16-17H2,1-4H3. The van der Waals surface area contributed by atoms with Gasteiger partial charge in [-0.25, -0.2) is 4.98 Å². The highest BCUT2D eigenvalue weighted by Crippen LogP contribution is 2.46. The van der Waals surface area contributed by atoms with Crippen molar-refractivity contribution in [1.82, 2.24) is 4.98 Å². The van der Waals surface area contributed by atoms with Crippen LogP contribution in [0.15, 0.2) is 66.2 Å². The first-order valence-corrected chi connectivity index (χ1v) is 15.5. The average molecular weight is 617 g/mol. The summed E-state index contributed by atoms with van der Waals surface area (Å²) >= 11 is 1.26. The van der Waals surface area contributed by atoms with E-state index < -0.39 is 17.7 Å². The molecule has 10 heteroatoms. The Morgan fingerprint density at radius 2 is 1.66 bits per heavy atom. The Morgan fingerprint density at radius 3 is 2.39 bits per heavy atom. The van der Waals surface area contributed by atoms with Crippen molar-refractivity contribution in [3.63, 3.8) is 0 Å². The summed E-state index contributed by atoms with van der Waals surface area (Å²) in [5.41, 5.74) is 1.51. The molecule has 0 saturated carbocycles. The van der Waals surface area contributed by atoms with Crippen LogP contribution in [0.5, 0.6) is 23.0 Å². The number of aliphatic hydroxyl groups excluding tert-OH is 1. The highest BCUT2D eigenvalue weighted by atomic mass is 32.1. The molecule has 9 nitrogen and oxygen atoms in total. The van der Waals surface area contributed by atoms with Crippen molar-refractivity contribution in [2.75, 3.05) is 32.3 Å². The Morgan fingerprint density at radius 1 is 0.886 bits per heavy atom. The lowest BCUT2D eigenvalue weighted by molar-refractivity contribution is -0.132. The molecule has 44 heavy (non-hydrogen) atoms. The molecule has 2 heterocycles. The highest BCUT2D eigenvalue weighted by molar-refractivity contribution is 7.22. The Kier molecular flexibility index (Phi) is 9.69. The molecule has 0 bridgehead atoms. The zero-order valence-electron chi connectivity index (χ0n) is 25.3. The SMILES string of the molecule is CCCCOc1cccc(C(O)=C2C(=O)C(=O)N(c3nc4ccc(OC)cc4s3)C2c2ccc(OCCCC)c(OC)c2)c1. The number of Topliss-reactive ketones (excluding diaryl/α,β-unsaturated/α-hetero) is 1. The van der Waals surface area contributed by atoms with Crippen molar-refractivity contribution in [1.29, 1.82) is 0 Å². The number of amides is 1. The molecule has 1 fully saturated rings. The van der Waals surface area contributed by atoms with E-state index in [1.807, 2.05) is 6.07 Å². The Bertz CT molecular complexity index is 1700. The van der Waals surface area contributed by atoms with Gasteiger partial charge in [0.05, 0.1) is 49.3 Å². The van der Waals surface area contributed by atoms with Gasteiger partial charge in [-0.15, -0.1) is 0 Å². The lowest BCUT2D eigenvalue weighted by Crippen LogP contribution is -2.29. The van der Waals surface area contributed by atoms with E-state index in [2.05, 4.69) is 13.8 Å². The number of thiazole rings is 1. The minimum absolute atomic E-state index is 0.0563. The van der Waals surface area contributed by atoms with Crippen LogP contribution < -0.4 is 23.8 Å². The second-order valence-corrected chi connectivity index (χ2v) is 11.4. The first-order chi connectivity index (χ1) is 21.4. The van der Waals surface area contributed by atoms with E-state index in [0.29, 0.717) is 58.0 Å². The van der Waals surface area contributed by atoms with Crippen LogP contribution in [-0.4, -0.2) is 49.2 Å². The molecule has 4 aromatic rings. The van der Waals surface area contributed by atoms with Gasteiger partial charge in [0.2, 0.25) is 0 Å². The number of hydrogen-bond donors (Lipinski definition) is 1. The average Bonchev–Trinajstić information content (AvgIpc) is 3.58. The van der Waals surface area contributed by atoms with Crippen LogP contribution in [0.3, 0.4) is 0 Å². The molecule has 1 aromatic heterocycles. The van der Waals surface area contributed by atoms with Crippen LogP contribution >= 0.6 is 11.3 Å². The molecule has 0 spiro atoms. The molecule has 1 amide bonds. The van der Waals surface area contributed by atoms with E-state index in [4.69, 9.17) is 23.9 Å². The smallest absolute Gasteiger partial charge is 0.301 e. The second-order valence-electron chi connectivity index (χ2n) is 10.3. The zero-order chi connectivity index (χ0) is 31.2. The topological polar surface area (TPSA) is 107 Å². The molecule has 1 N–H and O–H groups in total. The maximum Gasteiger partial charge on any atom is 0.301 e. The van der Waals surface area contributed by atoms with Gasteiger partial charge in [0, 0.05) is 5.56 Å². The molecule has 230 valence electrons. The number of ether oxygens (including phenoxy) is 4. The van der Waals surface area contributed by atoms with E-state index in [-0.39, 0.29) is 11.3 Å². The summed E-state index contributed by atoms with van der Waals surface area (Å²) < 4.78 is 23.6. The second kappa shape index (κ2) is 13.8. The number of ketones is 1. The Labute approximate surface area is 260 Å². The molecule has 1 aliphatic rings. The number of benzene rings is 3. The van der Waals surface area contributed by atoms with Crippen molar-refractivity contribution in [2.24, 2.45) is 0 Å². The summed E-state index contributed by atoms with van der Waals surface area (Å²) in [4.78, 5) is 33.6. The number of rotatable bonds is 13. The van der Waals surface area contributed by atoms with Crippen LogP contribution in [0.1, 0.15) is 56.7 Å². The van der Waals surface area contributed by atoms with E-state index in [0.717, 1.165) is 30.4 Å². The number of anilines is 1. The van der Waals surface area contributed by atoms with Gasteiger partial charge in [-0.3, -0.25) is 14.5 Å². The maximum atomic E-state index is 13.8. The predicted molar refractivity (Wildman–Crippen MR) is 171 cm³/mol. The zero-order valence-corrected chi connectivity index (χ0v) is 26.1. The lowest BCUT2D eigenvalue weighted by atomic mass is 9.95. The normalized spacial score (nSPS) is 16.0. The van der Waals surface area contributed by atoms with Crippen LogP contribution in [0.25, 0.3) is 16.0 Å². The van der Waals surface area contributed by atoms with E-state index in [9.17, 15) is 14.7 Å². The van der Waals surface area contributed by atoms with Crippen molar-refractivity contribution >= 4 is 44.1 Å². The molecule has 0 radical (unpaired) electrons. The van der Waals surface area contributed by atoms with Crippen molar-refractivity contribution in [3.05, 3.63) is 77.4 Å². The molecule has 0 aliphatic carbocycles. The van der Waals surface area contributed by atoms with Gasteiger partial charge in [0.1, 0.15) is 17.3 Å². The lowest BCUT2D eigenvalue weighted by Gasteiger charge is -2.24. The fourth-order valence-corrected chi connectivity index (χ4v) is 6.01. The number of hydrogen-bond acceptors (Lipinski definition) is 9. The maximum absolute atomic E-state index is 13.8. The van der Waals surface area contributed by atoms with Crippen LogP contribution in [0.4, 0.5) is 5.13 Å². The van der Waals surface area contributed by atoms with Gasteiger partial charge < -0.3 is 24.1 Å². The number of unbranched alkanes of at least 4 members (excludes halogenated alkanes) is 2. The fraction of sp³-hybridized carbons (Fsp3) is 0.324. The number of fused-ring (bicyclic) bond motifs is 1. The third-order valence-electron chi connectivity index (χ3n) is 7.37. The van der Waals surface area contributed by atoms with Crippen LogP contribution in [0.2, 0.25) is 0 Å². The third-order valence-corrected chi connectivity index (χ3v) is 8.39. The first kappa shape index (κ1) is 30.9. The Balaban J connectivity index is 1.65. The number of methoxy groups -OCH3 is 2. The number of carbonyl (C=O) groups excluding carboxylic acids is 2. The molecule has 1 aliphatic heterocycles. The van der Waals surface area contributed by atoms with E-state index in [1.54, 1.807) is 61.7 Å². The summed E-state index contributed by atoms with van der Waals surface area (Å²) in [6.45, 7) is 5.21. The van der Waals surface area contributed by atoms with Gasteiger partial charge >= 0.3 is 5.91 Å². The van der Waals surface area contributed by atoms with Crippen LogP contribution in [0, 0.1) is 0 Å². The van der Waals surface area contributed by atoms with Gasteiger partial charge in [0.15, 0.2) is 16.6 Å². The molecular formula is C34H36N2O7S. The summed E-state index contributed by atoms with van der Waals surface area (Å²) in [6.07, 6.45) is 3.73. The monoisotopic (exact) mass is 616 g/mol. The first-order valence-electron chi connectivity index (χ1n) is 14.7. The highest BCUT2D eigenvalue weighted by Gasteiger charge is 2.48. The molecule has 1 unspecified atom stereocenters. The molecule has 1 atom stereocenters. The molecule has 3 aromatic carbocycles. The minimum Gasteiger partial charge on any atom is -0.507 e. The minimum atomic E-state index is -0.985. The van der Waals surface area contributed by atoms with E-state index >= 15 is 0 Å². The van der Waals surface area contributed by atoms with Crippen molar-refractivity contribution in [2.45, 2.75) is 45.6 Å². The summed E-state index contributed by atoms with van der Waals surface area (Å²) in [5.74, 6) is 0.292. The van der Waals surface area contributed by atoms with Crippen molar-refractivity contribution < 1.29 is 33.6 Å². The number of aromatic nitrogens is 1. The van der Waals surface area contributed by atoms with E-state index in [1.165, 1.54) is 23.3 Å². The predicted octanol–water partition coefficient (Wildman–Crippen LogP) is 7.30. The third kappa shape index (κ3) is 6.21. The summed E-state index contributed by atoms with van der Waals surface area (Å²) in [5, 5.41) is 12.0. The molecular weight excluding hydrogens is 580 g/mol. The Hall–Kier alpha value is -4.57. The quantitative estimate of drug-likeness (QED) is 0.0722. The fourth-order valence-electron chi connectivity index (χ4n) is 4.99. The largest absolute Gasteiger partial charge is 0.507 e. The molecule has 5 rings (SSSR count). The van der Waals surface area contributed by atoms with Gasteiger partial charge in [-0.05, 0) is 60.9 Å². The van der Waals surface area contributed by atoms with Crippen molar-refractivity contribution in [3.8, 4) is 23.0 Å². The van der Waals surface area contributed by atoms with Gasteiger partial charge in [-0.1, -0.05) is 56.2 Å². The molecule has 1 saturated heterocycles. The number of carbonyl (C=O) groups is 2. The summed E-state index contributed by atoms with van der Waals surface area (Å²) in [6, 6.07) is 16.6.